The summed E-state index contributed by atoms with van der Waals surface area (Å²) in [7, 11) is 0. The molecule has 4 heteroatoms. The first-order valence-corrected chi connectivity index (χ1v) is 5.77. The van der Waals surface area contributed by atoms with Crippen LogP contribution < -0.4 is 5.32 Å². The molecule has 2 N–H and O–H groups in total. The van der Waals surface area contributed by atoms with Crippen molar-refractivity contribution in [3.05, 3.63) is 35.6 Å². The van der Waals surface area contributed by atoms with Crippen molar-refractivity contribution in [3.63, 3.8) is 0 Å². The summed E-state index contributed by atoms with van der Waals surface area (Å²) < 4.78 is 13.1. The summed E-state index contributed by atoms with van der Waals surface area (Å²) in [5.74, 6) is 0.602. The smallest absolute Gasteiger partial charge is 0.151 e. The highest BCUT2D eigenvalue weighted by Gasteiger charge is 2.10. The van der Waals surface area contributed by atoms with Crippen molar-refractivity contribution in [2.75, 3.05) is 11.9 Å². The molecule has 0 aliphatic rings. The van der Waals surface area contributed by atoms with Crippen molar-refractivity contribution in [3.8, 4) is 11.3 Å². The molecule has 0 aliphatic carbocycles. The Balaban J connectivity index is 2.30. The summed E-state index contributed by atoms with van der Waals surface area (Å²) in [6.07, 6.45) is 1.04. The molecule has 3 nitrogen and oxygen atoms in total. The fourth-order valence-electron chi connectivity index (χ4n) is 1.74. The lowest BCUT2D eigenvalue weighted by atomic mass is 10.1. The Labute approximate surface area is 100 Å². The van der Waals surface area contributed by atoms with E-state index in [1.54, 1.807) is 6.07 Å². The highest BCUT2D eigenvalue weighted by atomic mass is 19.1. The second-order valence-electron chi connectivity index (χ2n) is 4.01. The highest BCUT2D eigenvalue weighted by Crippen LogP contribution is 2.26. The monoisotopic (exact) mass is 233 g/mol. The van der Waals surface area contributed by atoms with Gasteiger partial charge in [-0.15, -0.1) is 0 Å². The normalized spacial score (nSPS) is 10.5. The van der Waals surface area contributed by atoms with Crippen molar-refractivity contribution >= 4 is 5.82 Å². The number of benzene rings is 1. The molecule has 2 aromatic rings. The topological polar surface area (TPSA) is 40.7 Å². The lowest BCUT2D eigenvalue weighted by molar-refractivity contribution is 0.628. The van der Waals surface area contributed by atoms with Gasteiger partial charge in [-0.05, 0) is 25.5 Å². The number of rotatable bonds is 4. The summed E-state index contributed by atoms with van der Waals surface area (Å²) in [6, 6.07) is 6.51. The zero-order valence-electron chi connectivity index (χ0n) is 10.0. The Morgan fingerprint density at radius 1 is 1.41 bits per heavy atom. The predicted octanol–water partition coefficient (Wildman–Crippen LogP) is 3.35. The molecule has 17 heavy (non-hydrogen) atoms. The maximum atomic E-state index is 13.1. The molecule has 0 bridgehead atoms. The van der Waals surface area contributed by atoms with E-state index in [0.717, 1.165) is 35.6 Å². The van der Waals surface area contributed by atoms with Gasteiger partial charge in [0.2, 0.25) is 0 Å². The lowest BCUT2D eigenvalue weighted by Crippen LogP contribution is -2.00. The van der Waals surface area contributed by atoms with E-state index in [1.165, 1.54) is 12.1 Å². The molecule has 0 saturated heterocycles. The zero-order chi connectivity index (χ0) is 12.3. The molecule has 0 atom stereocenters. The molecule has 1 aromatic carbocycles. The summed E-state index contributed by atoms with van der Waals surface area (Å²) in [6.45, 7) is 4.96. The van der Waals surface area contributed by atoms with Crippen molar-refractivity contribution in [2.45, 2.75) is 20.3 Å². The fraction of sp³-hybridized carbons (Fsp3) is 0.308. The molecule has 0 amide bonds. The molecule has 0 saturated carbocycles. The molecule has 0 spiro atoms. The van der Waals surface area contributed by atoms with Gasteiger partial charge in [-0.25, -0.2) is 4.39 Å². The van der Waals surface area contributed by atoms with E-state index in [9.17, 15) is 4.39 Å². The zero-order valence-corrected chi connectivity index (χ0v) is 10.0. The molecule has 90 valence electrons. The first-order valence-electron chi connectivity index (χ1n) is 5.77. The number of aromatic nitrogens is 2. The molecule has 0 aliphatic heterocycles. The average molecular weight is 233 g/mol. The van der Waals surface area contributed by atoms with Gasteiger partial charge in [-0.1, -0.05) is 19.1 Å². The third-order valence-corrected chi connectivity index (χ3v) is 2.67. The third-order valence-electron chi connectivity index (χ3n) is 2.67. The van der Waals surface area contributed by atoms with Crippen LogP contribution in [-0.4, -0.2) is 16.7 Å². The summed E-state index contributed by atoms with van der Waals surface area (Å²) in [4.78, 5) is 0. The van der Waals surface area contributed by atoms with Gasteiger partial charge in [0.1, 0.15) is 5.82 Å². The molecule has 0 unspecified atom stereocenters. The van der Waals surface area contributed by atoms with E-state index in [1.807, 2.05) is 13.0 Å². The Bertz CT molecular complexity index is 505. The molecule has 0 fully saturated rings. The van der Waals surface area contributed by atoms with Crippen LogP contribution in [0.2, 0.25) is 0 Å². The van der Waals surface area contributed by atoms with E-state index in [4.69, 9.17) is 0 Å². The first kappa shape index (κ1) is 11.6. The van der Waals surface area contributed by atoms with E-state index >= 15 is 0 Å². The van der Waals surface area contributed by atoms with Crippen LogP contribution >= 0.6 is 0 Å². The van der Waals surface area contributed by atoms with Gasteiger partial charge in [0.15, 0.2) is 5.82 Å². The Morgan fingerprint density at radius 2 is 2.24 bits per heavy atom. The SMILES string of the molecule is CCCNc1n[nH]c(-c2cccc(F)c2)c1C. The Hall–Kier alpha value is -1.84. The van der Waals surface area contributed by atoms with Crippen molar-refractivity contribution in [2.24, 2.45) is 0 Å². The van der Waals surface area contributed by atoms with E-state index in [2.05, 4.69) is 22.4 Å². The number of nitrogens with one attached hydrogen (secondary N) is 2. The van der Waals surface area contributed by atoms with Gasteiger partial charge in [0.05, 0.1) is 5.69 Å². The number of nitrogens with zero attached hydrogens (tertiary/aromatic N) is 1. The highest BCUT2D eigenvalue weighted by molar-refractivity contribution is 5.68. The quantitative estimate of drug-likeness (QED) is 0.850. The maximum Gasteiger partial charge on any atom is 0.151 e. The van der Waals surface area contributed by atoms with E-state index < -0.39 is 0 Å². The number of hydrogen-bond acceptors (Lipinski definition) is 2. The Kier molecular flexibility index (Phi) is 3.42. The first-order chi connectivity index (χ1) is 8.22. The second kappa shape index (κ2) is 4.99. The van der Waals surface area contributed by atoms with Crippen LogP contribution in [0.3, 0.4) is 0 Å². The van der Waals surface area contributed by atoms with Crippen LogP contribution in [0.15, 0.2) is 24.3 Å². The number of anilines is 1. The number of halogens is 1. The molecule has 1 heterocycles. The second-order valence-corrected chi connectivity index (χ2v) is 4.01. The van der Waals surface area contributed by atoms with Gasteiger partial charge in [-0.3, -0.25) is 5.10 Å². The van der Waals surface area contributed by atoms with Crippen LogP contribution in [0.25, 0.3) is 11.3 Å². The Morgan fingerprint density at radius 3 is 2.94 bits per heavy atom. The molecular formula is C13H16FN3. The molecule has 0 radical (unpaired) electrons. The van der Waals surface area contributed by atoms with E-state index in [0.29, 0.717) is 0 Å². The van der Waals surface area contributed by atoms with Crippen molar-refractivity contribution in [1.29, 1.82) is 0 Å². The van der Waals surface area contributed by atoms with Crippen LogP contribution in [-0.2, 0) is 0 Å². The molecule has 1 aromatic heterocycles. The minimum absolute atomic E-state index is 0.237. The lowest BCUT2D eigenvalue weighted by Gasteiger charge is -2.02. The third kappa shape index (κ3) is 2.46. The van der Waals surface area contributed by atoms with Crippen LogP contribution in [0.5, 0.6) is 0 Å². The predicted molar refractivity (Wildman–Crippen MR) is 67.5 cm³/mol. The van der Waals surface area contributed by atoms with Gasteiger partial charge >= 0.3 is 0 Å². The van der Waals surface area contributed by atoms with Gasteiger partial charge in [-0.2, -0.15) is 5.10 Å². The minimum Gasteiger partial charge on any atom is -0.368 e. The number of aromatic amines is 1. The molecular weight excluding hydrogens is 217 g/mol. The maximum absolute atomic E-state index is 13.1. The summed E-state index contributed by atoms with van der Waals surface area (Å²) in [5, 5.41) is 10.4. The van der Waals surface area contributed by atoms with Gasteiger partial charge < -0.3 is 5.32 Å². The minimum atomic E-state index is -0.237. The average Bonchev–Trinajstić information content (AvgIpc) is 2.68. The standard InChI is InChI=1S/C13H16FN3/c1-3-7-15-13-9(2)12(16-17-13)10-5-4-6-11(14)8-10/h4-6,8H,3,7H2,1-2H3,(H2,15,16,17). The van der Waals surface area contributed by atoms with Crippen molar-refractivity contribution in [1.82, 2.24) is 10.2 Å². The van der Waals surface area contributed by atoms with Gasteiger partial charge in [0.25, 0.3) is 0 Å². The summed E-state index contributed by atoms with van der Waals surface area (Å²) >= 11 is 0. The largest absolute Gasteiger partial charge is 0.368 e. The van der Waals surface area contributed by atoms with E-state index in [-0.39, 0.29) is 5.82 Å². The fourth-order valence-corrected chi connectivity index (χ4v) is 1.74. The van der Waals surface area contributed by atoms with Gasteiger partial charge in [0, 0.05) is 17.7 Å². The van der Waals surface area contributed by atoms with Crippen LogP contribution in [0.1, 0.15) is 18.9 Å². The molecule has 2 rings (SSSR count). The van der Waals surface area contributed by atoms with Crippen LogP contribution in [0.4, 0.5) is 10.2 Å². The number of H-pyrrole nitrogens is 1. The van der Waals surface area contributed by atoms with Crippen molar-refractivity contribution < 1.29 is 4.39 Å². The summed E-state index contributed by atoms with van der Waals surface area (Å²) in [5.41, 5.74) is 2.70. The number of hydrogen-bond donors (Lipinski definition) is 2. The van der Waals surface area contributed by atoms with Crippen LogP contribution in [0, 0.1) is 12.7 Å².